The first-order chi connectivity index (χ1) is 3.97. The van der Waals surface area contributed by atoms with Gasteiger partial charge in [0.25, 0.3) is 0 Å². The van der Waals surface area contributed by atoms with E-state index >= 15 is 0 Å². The average molecular weight is 112 g/mol. The van der Waals surface area contributed by atoms with E-state index in [9.17, 15) is 0 Å². The minimum atomic E-state index is 0.815. The van der Waals surface area contributed by atoms with E-state index in [1.807, 2.05) is 0 Å². The van der Waals surface area contributed by atoms with Crippen molar-refractivity contribution in [2.24, 2.45) is 0 Å². The number of rotatable bonds is 0. The Morgan fingerprint density at radius 2 is 1.38 bits per heavy atom. The molecule has 2 N–H and O–H groups in total. The van der Waals surface area contributed by atoms with Gasteiger partial charge in [-0.1, -0.05) is 0 Å². The molecule has 0 aromatic rings. The molecule has 46 valence electrons. The fourth-order valence-corrected chi connectivity index (χ4v) is 1.74. The lowest BCUT2D eigenvalue weighted by atomic mass is 10.1. The molecule has 2 atom stereocenters. The lowest BCUT2D eigenvalue weighted by molar-refractivity contribution is 0.576. The molecular formula is C6H12N2. The molecule has 2 rings (SSSR count). The van der Waals surface area contributed by atoms with Gasteiger partial charge in [0.05, 0.1) is 0 Å². The summed E-state index contributed by atoms with van der Waals surface area (Å²) in [6.45, 7) is 2.45. The molecule has 0 saturated carbocycles. The van der Waals surface area contributed by atoms with Crippen molar-refractivity contribution in [2.75, 3.05) is 13.1 Å². The van der Waals surface area contributed by atoms with Crippen molar-refractivity contribution in [1.82, 2.24) is 10.6 Å². The molecule has 0 aliphatic carbocycles. The molecule has 2 aliphatic heterocycles. The zero-order valence-corrected chi connectivity index (χ0v) is 4.98. The molecule has 0 spiro atoms. The van der Waals surface area contributed by atoms with Gasteiger partial charge < -0.3 is 10.6 Å². The highest BCUT2D eigenvalue weighted by Gasteiger charge is 2.29. The third-order valence-electron chi connectivity index (χ3n) is 2.21. The van der Waals surface area contributed by atoms with Gasteiger partial charge >= 0.3 is 0 Å². The Balaban J connectivity index is 2.04. The highest BCUT2D eigenvalue weighted by Crippen LogP contribution is 2.14. The van der Waals surface area contributed by atoms with Crippen molar-refractivity contribution in [2.45, 2.75) is 24.9 Å². The van der Waals surface area contributed by atoms with Crippen LogP contribution in [-0.2, 0) is 0 Å². The maximum atomic E-state index is 3.46. The molecule has 0 amide bonds. The van der Waals surface area contributed by atoms with Crippen LogP contribution in [0.2, 0.25) is 0 Å². The molecule has 0 aromatic heterocycles. The standard InChI is InChI=1S/C6H12N2/c1-3-7-6-2-4-8-5(1)6/h5-8H,1-4H2/t5-,6-/m0/s1. The van der Waals surface area contributed by atoms with Crippen LogP contribution in [0, 0.1) is 0 Å². The quantitative estimate of drug-likeness (QED) is 0.450. The van der Waals surface area contributed by atoms with Crippen molar-refractivity contribution in [3.05, 3.63) is 0 Å². The summed E-state index contributed by atoms with van der Waals surface area (Å²) in [4.78, 5) is 0. The maximum Gasteiger partial charge on any atom is 0.0233 e. The van der Waals surface area contributed by atoms with Gasteiger partial charge in [-0.25, -0.2) is 0 Å². The third-order valence-corrected chi connectivity index (χ3v) is 2.21. The predicted octanol–water partition coefficient (Wildman–Crippen LogP) is -0.290. The maximum absolute atomic E-state index is 3.46. The normalized spacial score (nSPS) is 45.0. The van der Waals surface area contributed by atoms with Gasteiger partial charge in [-0.3, -0.25) is 0 Å². The van der Waals surface area contributed by atoms with Crippen LogP contribution in [0.5, 0.6) is 0 Å². The summed E-state index contributed by atoms with van der Waals surface area (Å²) in [7, 11) is 0. The molecular weight excluding hydrogens is 100 g/mol. The Kier molecular flexibility index (Phi) is 1.02. The van der Waals surface area contributed by atoms with Gasteiger partial charge in [0.15, 0.2) is 0 Å². The van der Waals surface area contributed by atoms with Crippen LogP contribution >= 0.6 is 0 Å². The highest BCUT2D eigenvalue weighted by atomic mass is 15.1. The second-order valence-electron chi connectivity index (χ2n) is 2.70. The van der Waals surface area contributed by atoms with Crippen molar-refractivity contribution in [3.8, 4) is 0 Å². The lowest BCUT2D eigenvalue weighted by Gasteiger charge is -2.05. The fraction of sp³-hybridized carbons (Fsp3) is 1.00. The van der Waals surface area contributed by atoms with Crippen LogP contribution in [-0.4, -0.2) is 25.2 Å². The van der Waals surface area contributed by atoms with E-state index in [1.54, 1.807) is 0 Å². The molecule has 0 bridgehead atoms. The Morgan fingerprint density at radius 3 is 1.88 bits per heavy atom. The van der Waals surface area contributed by atoms with Crippen LogP contribution in [0.25, 0.3) is 0 Å². The number of hydrogen-bond acceptors (Lipinski definition) is 2. The Bertz CT molecular complexity index is 72.5. The number of fused-ring (bicyclic) bond motifs is 1. The minimum Gasteiger partial charge on any atom is -0.312 e. The van der Waals surface area contributed by atoms with Crippen LogP contribution in [0.1, 0.15) is 12.8 Å². The zero-order chi connectivity index (χ0) is 5.40. The van der Waals surface area contributed by atoms with Crippen LogP contribution in [0.15, 0.2) is 0 Å². The Labute approximate surface area is 49.7 Å². The van der Waals surface area contributed by atoms with Crippen molar-refractivity contribution in [3.63, 3.8) is 0 Å². The van der Waals surface area contributed by atoms with Gasteiger partial charge in [-0.05, 0) is 25.9 Å². The lowest BCUT2D eigenvalue weighted by Crippen LogP contribution is -2.29. The summed E-state index contributed by atoms with van der Waals surface area (Å²) < 4.78 is 0. The SMILES string of the molecule is C1C[C@@H]2NCC[C@@H]2N1. The number of hydrogen-bond donors (Lipinski definition) is 2. The average Bonchev–Trinajstić information content (AvgIpc) is 2.15. The van der Waals surface area contributed by atoms with Gasteiger partial charge in [0, 0.05) is 12.1 Å². The Morgan fingerprint density at radius 1 is 0.875 bits per heavy atom. The molecule has 2 aliphatic rings. The van der Waals surface area contributed by atoms with E-state index in [0.717, 1.165) is 12.1 Å². The van der Waals surface area contributed by atoms with E-state index < -0.39 is 0 Å². The summed E-state index contributed by atoms with van der Waals surface area (Å²) in [6.07, 6.45) is 2.68. The number of nitrogens with one attached hydrogen (secondary N) is 2. The van der Waals surface area contributed by atoms with Crippen LogP contribution < -0.4 is 10.6 Å². The first-order valence-electron chi connectivity index (χ1n) is 3.43. The molecule has 8 heavy (non-hydrogen) atoms. The van der Waals surface area contributed by atoms with Crippen LogP contribution in [0.3, 0.4) is 0 Å². The fourth-order valence-electron chi connectivity index (χ4n) is 1.74. The molecule has 2 fully saturated rings. The van der Waals surface area contributed by atoms with E-state index in [2.05, 4.69) is 10.6 Å². The predicted molar refractivity (Wildman–Crippen MR) is 32.8 cm³/mol. The second kappa shape index (κ2) is 1.71. The summed E-state index contributed by atoms with van der Waals surface area (Å²) in [5, 5.41) is 6.91. The van der Waals surface area contributed by atoms with Gasteiger partial charge in [0.2, 0.25) is 0 Å². The van der Waals surface area contributed by atoms with Crippen molar-refractivity contribution in [1.29, 1.82) is 0 Å². The topological polar surface area (TPSA) is 24.1 Å². The second-order valence-corrected chi connectivity index (χ2v) is 2.70. The van der Waals surface area contributed by atoms with E-state index in [1.165, 1.54) is 25.9 Å². The van der Waals surface area contributed by atoms with Gasteiger partial charge in [0.1, 0.15) is 0 Å². The summed E-state index contributed by atoms with van der Waals surface area (Å²) >= 11 is 0. The summed E-state index contributed by atoms with van der Waals surface area (Å²) in [5.41, 5.74) is 0. The van der Waals surface area contributed by atoms with Gasteiger partial charge in [-0.15, -0.1) is 0 Å². The van der Waals surface area contributed by atoms with E-state index in [-0.39, 0.29) is 0 Å². The molecule has 0 aromatic carbocycles. The Hall–Kier alpha value is -0.0800. The molecule has 2 heterocycles. The van der Waals surface area contributed by atoms with Crippen molar-refractivity contribution < 1.29 is 0 Å². The first kappa shape index (κ1) is 4.77. The molecule has 0 radical (unpaired) electrons. The van der Waals surface area contributed by atoms with Crippen LogP contribution in [0.4, 0.5) is 0 Å². The first-order valence-corrected chi connectivity index (χ1v) is 3.43. The largest absolute Gasteiger partial charge is 0.312 e. The molecule has 2 nitrogen and oxygen atoms in total. The smallest absolute Gasteiger partial charge is 0.0233 e. The van der Waals surface area contributed by atoms with E-state index in [0.29, 0.717) is 0 Å². The zero-order valence-electron chi connectivity index (χ0n) is 4.98. The molecule has 0 unspecified atom stereocenters. The highest BCUT2D eigenvalue weighted by molar-refractivity contribution is 4.94. The molecule has 2 saturated heterocycles. The van der Waals surface area contributed by atoms with E-state index in [4.69, 9.17) is 0 Å². The summed E-state index contributed by atoms with van der Waals surface area (Å²) in [5.74, 6) is 0. The minimum absolute atomic E-state index is 0.815. The third kappa shape index (κ3) is 0.565. The molecule has 2 heteroatoms. The monoisotopic (exact) mass is 112 g/mol. The van der Waals surface area contributed by atoms with Crippen molar-refractivity contribution >= 4 is 0 Å². The van der Waals surface area contributed by atoms with Gasteiger partial charge in [-0.2, -0.15) is 0 Å². The summed E-state index contributed by atoms with van der Waals surface area (Å²) in [6, 6.07) is 1.63.